The van der Waals surface area contributed by atoms with E-state index >= 15 is 0 Å². The van der Waals surface area contributed by atoms with Crippen molar-refractivity contribution in [2.75, 3.05) is 24.2 Å². The van der Waals surface area contributed by atoms with Crippen LogP contribution < -0.4 is 14.9 Å². The van der Waals surface area contributed by atoms with Crippen LogP contribution in [0.2, 0.25) is 0 Å². The monoisotopic (exact) mass is 325 g/mol. The maximum absolute atomic E-state index is 12.2. The number of para-hydroxylation sites is 1. The lowest BCUT2D eigenvalue weighted by Crippen LogP contribution is -2.46. The number of benzene rings is 1. The predicted molar refractivity (Wildman–Crippen MR) is 82.8 cm³/mol. The molecular formula is C14H19N3O4S. The number of hydrogen-bond acceptors (Lipinski definition) is 4. The Bertz CT molecular complexity index is 645. The standard InChI is InChI=1S/C14H19N3O4S/c1-15-22(20,21)10-9-16-14(19)12-7-8-13(18)17(12)11-5-3-2-4-6-11/h2-6,12,15H,7-10H2,1H3,(H,16,19). The van der Waals surface area contributed by atoms with E-state index in [1.807, 2.05) is 6.07 Å². The molecule has 120 valence electrons. The van der Waals surface area contributed by atoms with E-state index in [0.717, 1.165) is 0 Å². The van der Waals surface area contributed by atoms with Gasteiger partial charge in [-0.1, -0.05) is 18.2 Å². The zero-order chi connectivity index (χ0) is 16.2. The van der Waals surface area contributed by atoms with Crippen LogP contribution in [0.15, 0.2) is 30.3 Å². The van der Waals surface area contributed by atoms with Crippen molar-refractivity contribution in [3.63, 3.8) is 0 Å². The van der Waals surface area contributed by atoms with Crippen molar-refractivity contribution in [2.45, 2.75) is 18.9 Å². The largest absolute Gasteiger partial charge is 0.353 e. The van der Waals surface area contributed by atoms with E-state index in [4.69, 9.17) is 0 Å². The molecule has 0 bridgehead atoms. The third kappa shape index (κ3) is 3.83. The van der Waals surface area contributed by atoms with Crippen molar-refractivity contribution >= 4 is 27.5 Å². The number of sulfonamides is 1. The van der Waals surface area contributed by atoms with Gasteiger partial charge in [-0.15, -0.1) is 0 Å². The van der Waals surface area contributed by atoms with E-state index in [1.165, 1.54) is 11.9 Å². The smallest absolute Gasteiger partial charge is 0.243 e. The average molecular weight is 325 g/mol. The number of nitrogens with zero attached hydrogens (tertiary/aromatic N) is 1. The number of amides is 2. The second-order valence-corrected chi connectivity index (χ2v) is 7.01. The van der Waals surface area contributed by atoms with Crippen LogP contribution in [0, 0.1) is 0 Å². The van der Waals surface area contributed by atoms with Gasteiger partial charge in [0.1, 0.15) is 6.04 Å². The Kier molecular flexibility index (Phi) is 5.15. The number of anilines is 1. The SMILES string of the molecule is CNS(=O)(=O)CCNC(=O)C1CCC(=O)N1c1ccccc1. The third-order valence-electron chi connectivity index (χ3n) is 3.53. The summed E-state index contributed by atoms with van der Waals surface area (Å²) in [5.74, 6) is -0.628. The van der Waals surface area contributed by atoms with Gasteiger partial charge in [0.15, 0.2) is 0 Å². The van der Waals surface area contributed by atoms with E-state index in [2.05, 4.69) is 10.0 Å². The molecule has 0 saturated carbocycles. The Morgan fingerprint density at radius 2 is 2.00 bits per heavy atom. The summed E-state index contributed by atoms with van der Waals surface area (Å²) >= 11 is 0. The molecule has 1 unspecified atom stereocenters. The molecule has 22 heavy (non-hydrogen) atoms. The molecule has 2 N–H and O–H groups in total. The Balaban J connectivity index is 2.01. The molecule has 7 nitrogen and oxygen atoms in total. The van der Waals surface area contributed by atoms with Gasteiger partial charge in [-0.2, -0.15) is 0 Å². The molecule has 1 saturated heterocycles. The van der Waals surface area contributed by atoms with Crippen molar-refractivity contribution in [2.24, 2.45) is 0 Å². The summed E-state index contributed by atoms with van der Waals surface area (Å²) in [4.78, 5) is 25.7. The third-order valence-corrected chi connectivity index (χ3v) is 4.89. The van der Waals surface area contributed by atoms with Crippen LogP contribution in [0.3, 0.4) is 0 Å². The first-order chi connectivity index (χ1) is 10.4. The van der Waals surface area contributed by atoms with E-state index in [9.17, 15) is 18.0 Å². The van der Waals surface area contributed by atoms with E-state index < -0.39 is 16.1 Å². The minimum atomic E-state index is -3.36. The van der Waals surface area contributed by atoms with Gasteiger partial charge in [0.25, 0.3) is 0 Å². The van der Waals surface area contributed by atoms with Crippen LogP contribution in [0.1, 0.15) is 12.8 Å². The van der Waals surface area contributed by atoms with Gasteiger partial charge in [0, 0.05) is 18.7 Å². The van der Waals surface area contributed by atoms with Gasteiger partial charge in [-0.05, 0) is 25.6 Å². The molecule has 0 radical (unpaired) electrons. The molecule has 0 aromatic heterocycles. The second kappa shape index (κ2) is 6.89. The van der Waals surface area contributed by atoms with Crippen LogP contribution in [0.5, 0.6) is 0 Å². The summed E-state index contributed by atoms with van der Waals surface area (Å²) < 4.78 is 24.8. The van der Waals surface area contributed by atoms with Crippen LogP contribution in [0.25, 0.3) is 0 Å². The van der Waals surface area contributed by atoms with E-state index in [0.29, 0.717) is 18.5 Å². The number of hydrogen-bond donors (Lipinski definition) is 2. The van der Waals surface area contributed by atoms with E-state index in [-0.39, 0.29) is 24.1 Å². The quantitative estimate of drug-likeness (QED) is 0.760. The topological polar surface area (TPSA) is 95.6 Å². The summed E-state index contributed by atoms with van der Waals surface area (Å²) in [5, 5.41) is 2.58. The lowest BCUT2D eigenvalue weighted by Gasteiger charge is -2.24. The normalized spacial score (nSPS) is 18.5. The molecule has 8 heteroatoms. The van der Waals surface area contributed by atoms with Crippen molar-refractivity contribution in [3.05, 3.63) is 30.3 Å². The fourth-order valence-corrected chi connectivity index (χ4v) is 2.95. The maximum atomic E-state index is 12.2. The average Bonchev–Trinajstić information content (AvgIpc) is 2.89. The molecule has 1 heterocycles. The predicted octanol–water partition coefficient (Wildman–Crippen LogP) is -0.153. The molecule has 2 rings (SSSR count). The molecule has 1 aliphatic rings. The maximum Gasteiger partial charge on any atom is 0.243 e. The fraction of sp³-hybridized carbons (Fsp3) is 0.429. The lowest BCUT2D eigenvalue weighted by atomic mass is 10.2. The lowest BCUT2D eigenvalue weighted by molar-refractivity contribution is -0.123. The number of nitrogens with one attached hydrogen (secondary N) is 2. The molecule has 1 atom stereocenters. The number of rotatable bonds is 6. The first-order valence-electron chi connectivity index (χ1n) is 7.00. The minimum Gasteiger partial charge on any atom is -0.353 e. The highest BCUT2D eigenvalue weighted by Crippen LogP contribution is 2.26. The van der Waals surface area contributed by atoms with Gasteiger partial charge in [0.2, 0.25) is 21.8 Å². The van der Waals surface area contributed by atoms with Gasteiger partial charge in [-0.3, -0.25) is 14.5 Å². The van der Waals surface area contributed by atoms with Crippen molar-refractivity contribution < 1.29 is 18.0 Å². The Morgan fingerprint density at radius 3 is 2.64 bits per heavy atom. The highest BCUT2D eigenvalue weighted by atomic mass is 32.2. The molecule has 0 aliphatic carbocycles. The van der Waals surface area contributed by atoms with E-state index in [1.54, 1.807) is 24.3 Å². The minimum absolute atomic E-state index is 0.00925. The molecule has 1 aliphatic heterocycles. The highest BCUT2D eigenvalue weighted by molar-refractivity contribution is 7.89. The van der Waals surface area contributed by atoms with Gasteiger partial charge >= 0.3 is 0 Å². The molecule has 1 aromatic carbocycles. The van der Waals surface area contributed by atoms with Gasteiger partial charge < -0.3 is 5.32 Å². The fourth-order valence-electron chi connectivity index (χ4n) is 2.37. The van der Waals surface area contributed by atoms with Crippen LogP contribution in [0.4, 0.5) is 5.69 Å². The number of carbonyl (C=O) groups is 2. The van der Waals surface area contributed by atoms with Crippen LogP contribution >= 0.6 is 0 Å². The number of carbonyl (C=O) groups excluding carboxylic acids is 2. The summed E-state index contributed by atoms with van der Waals surface area (Å²) in [6.07, 6.45) is 0.736. The van der Waals surface area contributed by atoms with Crippen LogP contribution in [-0.2, 0) is 19.6 Å². The first kappa shape index (κ1) is 16.4. The van der Waals surface area contributed by atoms with Crippen LogP contribution in [-0.4, -0.2) is 45.6 Å². The molecule has 0 spiro atoms. The zero-order valence-electron chi connectivity index (χ0n) is 12.3. The molecular weight excluding hydrogens is 306 g/mol. The molecule has 2 amide bonds. The Labute approximate surface area is 129 Å². The van der Waals surface area contributed by atoms with Crippen molar-refractivity contribution in [1.29, 1.82) is 0 Å². The Hall–Kier alpha value is -1.93. The van der Waals surface area contributed by atoms with Gasteiger partial charge in [-0.25, -0.2) is 13.1 Å². The molecule has 1 fully saturated rings. The summed E-state index contributed by atoms with van der Waals surface area (Å²) in [6, 6.07) is 8.39. The summed E-state index contributed by atoms with van der Waals surface area (Å²) in [6.45, 7) is 0.00925. The Morgan fingerprint density at radius 1 is 1.32 bits per heavy atom. The van der Waals surface area contributed by atoms with Crippen molar-refractivity contribution in [3.8, 4) is 0 Å². The van der Waals surface area contributed by atoms with Crippen molar-refractivity contribution in [1.82, 2.24) is 10.0 Å². The molecule has 1 aromatic rings. The van der Waals surface area contributed by atoms with Gasteiger partial charge in [0.05, 0.1) is 5.75 Å². The summed E-state index contributed by atoms with van der Waals surface area (Å²) in [7, 11) is -2.04. The second-order valence-electron chi connectivity index (χ2n) is 4.97. The zero-order valence-corrected chi connectivity index (χ0v) is 13.1. The highest BCUT2D eigenvalue weighted by Gasteiger charge is 2.36. The first-order valence-corrected chi connectivity index (χ1v) is 8.66. The summed E-state index contributed by atoms with van der Waals surface area (Å²) in [5.41, 5.74) is 0.674.